The Balaban J connectivity index is 1.70. The van der Waals surface area contributed by atoms with E-state index in [9.17, 15) is 0 Å². The van der Waals surface area contributed by atoms with Gasteiger partial charge in [-0.15, -0.1) is 0 Å². The summed E-state index contributed by atoms with van der Waals surface area (Å²) in [5, 5.41) is 6.33. The van der Waals surface area contributed by atoms with Gasteiger partial charge in [0.05, 0.1) is 27.3 Å². The van der Waals surface area contributed by atoms with E-state index in [2.05, 4.69) is 126 Å². The lowest BCUT2D eigenvalue weighted by molar-refractivity contribution is -0.643. The summed E-state index contributed by atoms with van der Waals surface area (Å²) in [4.78, 5) is 15.0. The average molecular weight is 527 g/mol. The number of hydrogen-bond acceptors (Lipinski definition) is 3. The van der Waals surface area contributed by atoms with E-state index in [0.717, 1.165) is 23.0 Å². The molecule has 5 nitrogen and oxygen atoms in total. The van der Waals surface area contributed by atoms with Gasteiger partial charge in [-0.05, 0) is 49.1 Å². The minimum atomic E-state index is -0.194. The van der Waals surface area contributed by atoms with Gasteiger partial charge in [-0.1, -0.05) is 65.3 Å². The number of aryl methyl sites for hydroxylation is 3. The fraction of sp³-hybridized carbons (Fsp3) is 0.314. The first-order chi connectivity index (χ1) is 18.8. The highest BCUT2D eigenvalue weighted by Crippen LogP contribution is 2.42. The van der Waals surface area contributed by atoms with Crippen LogP contribution in [0.1, 0.15) is 64.3 Å². The van der Waals surface area contributed by atoms with Crippen LogP contribution in [0.4, 0.5) is 0 Å². The number of fused-ring (bicyclic) bond motifs is 5. The lowest BCUT2D eigenvalue weighted by Crippen LogP contribution is -2.29. The van der Waals surface area contributed by atoms with Crippen molar-refractivity contribution in [2.24, 2.45) is 7.05 Å². The van der Waals surface area contributed by atoms with Gasteiger partial charge in [0, 0.05) is 33.2 Å². The van der Waals surface area contributed by atoms with Crippen molar-refractivity contribution < 1.29 is 4.57 Å². The second-order valence-electron chi connectivity index (χ2n) is 13.6. The fourth-order valence-electron chi connectivity index (χ4n) is 6.14. The van der Waals surface area contributed by atoms with Gasteiger partial charge < -0.3 is 4.40 Å². The van der Waals surface area contributed by atoms with E-state index in [-0.39, 0.29) is 10.8 Å². The number of aromatic nitrogens is 5. The van der Waals surface area contributed by atoms with E-state index >= 15 is 0 Å². The Morgan fingerprint density at radius 3 is 2.08 bits per heavy atom. The highest BCUT2D eigenvalue weighted by atomic mass is 15.1. The molecule has 0 amide bonds. The molecule has 0 aliphatic heterocycles. The standard InChI is InChI=1S/C35H36N5/c1-19-10-13-25-24(16-19)23-12-11-20(2)27-29(23)40(25)26-18-22(17-21-14-15-39(9)30(27)28(21)26)31-36-32(34(3,4)5)38-33(37-31)35(6,7)8/h10-18H,1-9H3/q+1. The topological polar surface area (TPSA) is 47.0 Å². The van der Waals surface area contributed by atoms with Gasteiger partial charge in [0.1, 0.15) is 18.7 Å². The first kappa shape index (κ1) is 24.9. The summed E-state index contributed by atoms with van der Waals surface area (Å²) >= 11 is 0. The Kier molecular flexibility index (Phi) is 4.96. The molecule has 0 N–H and O–H groups in total. The van der Waals surface area contributed by atoms with E-state index in [1.165, 1.54) is 60.1 Å². The zero-order valence-electron chi connectivity index (χ0n) is 24.9. The predicted octanol–water partition coefficient (Wildman–Crippen LogP) is 7.88. The highest BCUT2D eigenvalue weighted by molar-refractivity contribution is 6.26. The molecule has 0 radical (unpaired) electrons. The number of rotatable bonds is 1. The summed E-state index contributed by atoms with van der Waals surface area (Å²) in [6.07, 6.45) is 2.18. The van der Waals surface area contributed by atoms with Gasteiger partial charge in [0.15, 0.2) is 12.0 Å². The third-order valence-corrected chi connectivity index (χ3v) is 8.22. The van der Waals surface area contributed by atoms with Crippen LogP contribution < -0.4 is 4.57 Å². The van der Waals surface area contributed by atoms with E-state index < -0.39 is 0 Å². The maximum Gasteiger partial charge on any atom is 0.224 e. The largest absolute Gasteiger partial charge is 0.307 e. The molecule has 0 saturated carbocycles. The van der Waals surface area contributed by atoms with Gasteiger partial charge in [-0.25, -0.2) is 19.5 Å². The summed E-state index contributed by atoms with van der Waals surface area (Å²) in [6, 6.07) is 18.1. The first-order valence-electron chi connectivity index (χ1n) is 14.1. The number of pyridine rings is 2. The zero-order chi connectivity index (χ0) is 28.3. The highest BCUT2D eigenvalue weighted by Gasteiger charge is 2.28. The van der Waals surface area contributed by atoms with Crippen LogP contribution in [-0.4, -0.2) is 19.4 Å². The summed E-state index contributed by atoms with van der Waals surface area (Å²) in [7, 11) is 2.16. The van der Waals surface area contributed by atoms with Crippen LogP contribution in [0.15, 0.2) is 54.7 Å². The van der Waals surface area contributed by atoms with Gasteiger partial charge >= 0.3 is 0 Å². The van der Waals surface area contributed by atoms with Crippen molar-refractivity contribution in [2.75, 3.05) is 0 Å². The number of benzene rings is 3. The van der Waals surface area contributed by atoms with E-state index in [1.54, 1.807) is 0 Å². The molecule has 200 valence electrons. The van der Waals surface area contributed by atoms with Crippen LogP contribution >= 0.6 is 0 Å². The zero-order valence-corrected chi connectivity index (χ0v) is 24.9. The lowest BCUT2D eigenvalue weighted by atomic mass is 9.92. The average Bonchev–Trinajstić information content (AvgIpc) is 3.21. The smallest absolute Gasteiger partial charge is 0.224 e. The molecule has 0 aliphatic carbocycles. The third kappa shape index (κ3) is 3.46. The molecule has 4 heterocycles. The van der Waals surface area contributed by atoms with Crippen molar-refractivity contribution in [3.8, 4) is 11.4 Å². The van der Waals surface area contributed by atoms with Crippen molar-refractivity contribution in [3.63, 3.8) is 0 Å². The number of nitrogens with zero attached hydrogens (tertiary/aromatic N) is 5. The molecule has 0 saturated heterocycles. The molecule has 0 fully saturated rings. The summed E-state index contributed by atoms with van der Waals surface area (Å²) in [5.41, 5.74) is 8.11. The van der Waals surface area contributed by atoms with Crippen LogP contribution in [-0.2, 0) is 17.9 Å². The van der Waals surface area contributed by atoms with Crippen molar-refractivity contribution in [1.82, 2.24) is 19.4 Å². The van der Waals surface area contributed by atoms with Gasteiger partial charge in [-0.2, -0.15) is 0 Å². The van der Waals surface area contributed by atoms with E-state index in [1.807, 2.05) is 0 Å². The molecule has 4 aromatic heterocycles. The SMILES string of the molecule is Cc1ccc2c(c1)c1ccc(C)c3c1n2c1cc(-c2nc(C(C)(C)C)nc(C(C)(C)C)n2)cc2cc[n+](C)c3c21. The summed E-state index contributed by atoms with van der Waals surface area (Å²) in [6.45, 7) is 17.4. The maximum atomic E-state index is 5.06. The molecule has 40 heavy (non-hydrogen) atoms. The van der Waals surface area contributed by atoms with Crippen molar-refractivity contribution in [3.05, 3.63) is 77.5 Å². The molecule has 0 aliphatic rings. The Morgan fingerprint density at radius 2 is 1.40 bits per heavy atom. The van der Waals surface area contributed by atoms with Crippen molar-refractivity contribution >= 4 is 49.0 Å². The maximum absolute atomic E-state index is 5.06. The fourth-order valence-corrected chi connectivity index (χ4v) is 6.14. The van der Waals surface area contributed by atoms with Gasteiger partial charge in [0.25, 0.3) is 0 Å². The van der Waals surface area contributed by atoms with Crippen LogP contribution in [0.2, 0.25) is 0 Å². The number of hydrogen-bond donors (Lipinski definition) is 0. The molecule has 3 aromatic carbocycles. The Hall–Kier alpha value is -4.12. The molecule has 0 spiro atoms. The molecule has 7 rings (SSSR count). The van der Waals surface area contributed by atoms with Crippen LogP contribution in [0.5, 0.6) is 0 Å². The Labute approximate surface area is 234 Å². The molecular formula is C35H36N5+. The second-order valence-corrected chi connectivity index (χ2v) is 13.6. The quantitative estimate of drug-likeness (QED) is 0.124. The minimum absolute atomic E-state index is 0.194. The molecule has 0 unspecified atom stereocenters. The predicted molar refractivity (Wildman–Crippen MR) is 165 cm³/mol. The first-order valence-corrected chi connectivity index (χ1v) is 14.1. The lowest BCUT2D eigenvalue weighted by Gasteiger charge is -2.23. The molecule has 0 bridgehead atoms. The van der Waals surface area contributed by atoms with Gasteiger partial charge in [-0.3, -0.25) is 0 Å². The van der Waals surface area contributed by atoms with Crippen LogP contribution in [0, 0.1) is 13.8 Å². The summed E-state index contributed by atoms with van der Waals surface area (Å²) < 4.78 is 4.75. The van der Waals surface area contributed by atoms with Crippen LogP contribution in [0.3, 0.4) is 0 Å². The van der Waals surface area contributed by atoms with Crippen LogP contribution in [0.25, 0.3) is 60.4 Å². The Morgan fingerprint density at radius 1 is 0.700 bits per heavy atom. The molecular weight excluding hydrogens is 490 g/mol. The molecule has 5 heteroatoms. The van der Waals surface area contributed by atoms with Crippen molar-refractivity contribution in [2.45, 2.75) is 66.2 Å². The van der Waals surface area contributed by atoms with Gasteiger partial charge in [0.2, 0.25) is 5.52 Å². The third-order valence-electron chi connectivity index (χ3n) is 8.22. The minimum Gasteiger partial charge on any atom is -0.307 e. The van der Waals surface area contributed by atoms with E-state index in [4.69, 9.17) is 15.0 Å². The normalized spacial score (nSPS) is 13.1. The monoisotopic (exact) mass is 526 g/mol. The molecule has 0 atom stereocenters. The Bertz CT molecular complexity index is 2120. The second kappa shape index (κ2) is 7.97. The molecule has 7 aromatic rings. The summed E-state index contributed by atoms with van der Waals surface area (Å²) in [5.74, 6) is 2.37. The van der Waals surface area contributed by atoms with Crippen molar-refractivity contribution in [1.29, 1.82) is 0 Å². The van der Waals surface area contributed by atoms with E-state index in [0.29, 0.717) is 0 Å².